The molecular formula is C20H22BrF2N3O5S. The van der Waals surface area contributed by atoms with E-state index >= 15 is 0 Å². The first kappa shape index (κ1) is 24.3. The number of thiophene rings is 1. The van der Waals surface area contributed by atoms with Crippen LogP contribution in [0.2, 0.25) is 0 Å². The minimum absolute atomic E-state index is 0.0617. The number of alkyl halides is 2. The van der Waals surface area contributed by atoms with Crippen molar-refractivity contribution in [3.63, 3.8) is 0 Å². The number of methoxy groups -OCH3 is 1. The van der Waals surface area contributed by atoms with Gasteiger partial charge in [0.05, 0.1) is 29.4 Å². The summed E-state index contributed by atoms with van der Waals surface area (Å²) in [6.07, 6.45) is -0.525. The van der Waals surface area contributed by atoms with Gasteiger partial charge in [0, 0.05) is 5.92 Å². The van der Waals surface area contributed by atoms with Crippen molar-refractivity contribution in [2.24, 2.45) is 0 Å². The SMILES string of the molecule is CCCOC(=O)c1c(NC(=O)Cn2nc(C(F)F)c(Br)c2C2CC2)sc(C(=O)OC)c1C. The van der Waals surface area contributed by atoms with Gasteiger partial charge in [-0.3, -0.25) is 9.48 Å². The standard InChI is InChI=1S/C20H22BrF2N3O5S/c1-4-7-31-19(28)12-9(2)16(20(29)30-3)32-18(12)24-11(27)8-26-15(10-5-6-10)13(21)14(25-26)17(22)23/h10,17H,4-8H2,1-3H3,(H,24,27). The Balaban J connectivity index is 1.88. The molecule has 2 aromatic rings. The van der Waals surface area contributed by atoms with E-state index in [0.29, 0.717) is 17.7 Å². The van der Waals surface area contributed by atoms with E-state index in [4.69, 9.17) is 9.47 Å². The molecule has 32 heavy (non-hydrogen) atoms. The maximum atomic E-state index is 13.3. The fourth-order valence-corrected chi connectivity index (χ4v) is 5.09. The summed E-state index contributed by atoms with van der Waals surface area (Å²) < 4.78 is 38.0. The van der Waals surface area contributed by atoms with Crippen LogP contribution in [0.4, 0.5) is 13.8 Å². The lowest BCUT2D eigenvalue weighted by Gasteiger charge is -2.09. The Morgan fingerprint density at radius 1 is 1.31 bits per heavy atom. The summed E-state index contributed by atoms with van der Waals surface area (Å²) in [6, 6.07) is 0. The van der Waals surface area contributed by atoms with Crippen LogP contribution in [-0.4, -0.2) is 41.3 Å². The normalized spacial score (nSPS) is 13.3. The van der Waals surface area contributed by atoms with Crippen LogP contribution in [0.15, 0.2) is 4.47 Å². The van der Waals surface area contributed by atoms with Gasteiger partial charge >= 0.3 is 11.9 Å². The molecule has 1 amide bonds. The van der Waals surface area contributed by atoms with E-state index in [9.17, 15) is 23.2 Å². The van der Waals surface area contributed by atoms with Crippen molar-refractivity contribution >= 4 is 50.1 Å². The summed E-state index contributed by atoms with van der Waals surface area (Å²) in [5, 5.41) is 6.65. The minimum Gasteiger partial charge on any atom is -0.465 e. The minimum atomic E-state index is -2.78. The van der Waals surface area contributed by atoms with Gasteiger partial charge in [-0.1, -0.05) is 6.92 Å². The average molecular weight is 534 g/mol. The Hall–Kier alpha value is -2.34. The van der Waals surface area contributed by atoms with Gasteiger partial charge in [-0.25, -0.2) is 18.4 Å². The van der Waals surface area contributed by atoms with Gasteiger partial charge in [0.2, 0.25) is 5.91 Å². The highest BCUT2D eigenvalue weighted by molar-refractivity contribution is 9.10. The lowest BCUT2D eigenvalue weighted by Crippen LogP contribution is -2.22. The Bertz CT molecular complexity index is 1050. The Morgan fingerprint density at radius 2 is 2.00 bits per heavy atom. The van der Waals surface area contributed by atoms with E-state index in [-0.39, 0.29) is 39.0 Å². The maximum absolute atomic E-state index is 13.3. The highest BCUT2D eigenvalue weighted by atomic mass is 79.9. The Morgan fingerprint density at radius 3 is 2.56 bits per heavy atom. The van der Waals surface area contributed by atoms with E-state index < -0.39 is 30.0 Å². The zero-order valence-electron chi connectivity index (χ0n) is 17.7. The van der Waals surface area contributed by atoms with E-state index in [1.807, 2.05) is 6.92 Å². The van der Waals surface area contributed by atoms with Crippen LogP contribution in [0.25, 0.3) is 0 Å². The number of halogens is 3. The molecule has 0 unspecified atom stereocenters. The van der Waals surface area contributed by atoms with Gasteiger partial charge < -0.3 is 14.8 Å². The first-order valence-corrected chi connectivity index (χ1v) is 11.5. The number of ether oxygens (including phenoxy) is 2. The molecule has 0 aromatic carbocycles. The van der Waals surface area contributed by atoms with E-state index in [1.54, 1.807) is 6.92 Å². The molecule has 1 N–H and O–H groups in total. The van der Waals surface area contributed by atoms with Gasteiger partial charge in [-0.15, -0.1) is 11.3 Å². The van der Waals surface area contributed by atoms with Crippen molar-refractivity contribution in [3.05, 3.63) is 31.9 Å². The van der Waals surface area contributed by atoms with Crippen molar-refractivity contribution in [1.82, 2.24) is 9.78 Å². The zero-order chi connectivity index (χ0) is 23.6. The summed E-state index contributed by atoms with van der Waals surface area (Å²) in [4.78, 5) is 37.6. The van der Waals surface area contributed by atoms with Gasteiger partial charge in [-0.2, -0.15) is 5.10 Å². The molecule has 0 saturated heterocycles. The first-order chi connectivity index (χ1) is 15.2. The van der Waals surface area contributed by atoms with Gasteiger partial charge in [-0.05, 0) is 47.7 Å². The number of hydrogen-bond acceptors (Lipinski definition) is 7. The molecule has 1 fully saturated rings. The van der Waals surface area contributed by atoms with Crippen LogP contribution in [0.3, 0.4) is 0 Å². The molecule has 2 heterocycles. The molecule has 3 rings (SSSR count). The van der Waals surface area contributed by atoms with Crippen LogP contribution < -0.4 is 5.32 Å². The lowest BCUT2D eigenvalue weighted by molar-refractivity contribution is -0.116. The molecule has 0 radical (unpaired) electrons. The van der Waals surface area contributed by atoms with Crippen LogP contribution in [0.1, 0.15) is 75.5 Å². The Kier molecular flexibility index (Phi) is 7.65. The van der Waals surface area contributed by atoms with Crippen LogP contribution in [-0.2, 0) is 20.8 Å². The van der Waals surface area contributed by atoms with E-state index in [1.165, 1.54) is 11.8 Å². The number of amides is 1. The summed E-state index contributed by atoms with van der Waals surface area (Å²) in [5.74, 6) is -1.84. The third-order valence-corrected chi connectivity index (χ3v) is 6.83. The highest BCUT2D eigenvalue weighted by Crippen LogP contribution is 2.45. The van der Waals surface area contributed by atoms with Crippen molar-refractivity contribution in [3.8, 4) is 0 Å². The first-order valence-electron chi connectivity index (χ1n) is 9.92. The number of rotatable bonds is 9. The molecule has 12 heteroatoms. The molecule has 0 atom stereocenters. The third-order valence-electron chi connectivity index (χ3n) is 4.83. The van der Waals surface area contributed by atoms with E-state index in [2.05, 4.69) is 26.3 Å². The number of carbonyl (C=O) groups is 3. The topological polar surface area (TPSA) is 99.5 Å². The molecule has 0 spiro atoms. The summed E-state index contributed by atoms with van der Waals surface area (Å²) in [5.41, 5.74) is 0.535. The van der Waals surface area contributed by atoms with E-state index in [0.717, 1.165) is 24.2 Å². The quantitative estimate of drug-likeness (QED) is 0.463. The second-order valence-electron chi connectivity index (χ2n) is 7.25. The van der Waals surface area contributed by atoms with Crippen molar-refractivity contribution in [2.75, 3.05) is 19.0 Å². The van der Waals surface area contributed by atoms with Gasteiger partial charge in [0.15, 0.2) is 0 Å². The molecule has 174 valence electrons. The largest absolute Gasteiger partial charge is 0.465 e. The summed E-state index contributed by atoms with van der Waals surface area (Å²) in [7, 11) is 1.21. The number of nitrogens with zero attached hydrogens (tertiary/aromatic N) is 2. The Labute approximate surface area is 195 Å². The number of esters is 2. The molecule has 1 aliphatic carbocycles. The third kappa shape index (κ3) is 5.01. The molecular weight excluding hydrogens is 512 g/mol. The fraction of sp³-hybridized carbons (Fsp3) is 0.500. The number of carbonyl (C=O) groups excluding carboxylic acids is 3. The molecule has 0 bridgehead atoms. The van der Waals surface area contributed by atoms with Crippen LogP contribution >= 0.6 is 27.3 Å². The average Bonchev–Trinajstić information content (AvgIpc) is 3.45. The molecule has 1 aliphatic rings. The second-order valence-corrected chi connectivity index (χ2v) is 9.07. The predicted molar refractivity (Wildman–Crippen MR) is 116 cm³/mol. The fourth-order valence-electron chi connectivity index (χ4n) is 3.18. The number of aromatic nitrogens is 2. The van der Waals surface area contributed by atoms with Crippen LogP contribution in [0.5, 0.6) is 0 Å². The maximum Gasteiger partial charge on any atom is 0.348 e. The second kappa shape index (κ2) is 10.1. The van der Waals surface area contributed by atoms with Gasteiger partial charge in [0.1, 0.15) is 22.1 Å². The van der Waals surface area contributed by atoms with Crippen molar-refractivity contribution in [2.45, 2.75) is 52.0 Å². The zero-order valence-corrected chi connectivity index (χ0v) is 20.1. The molecule has 2 aromatic heterocycles. The molecule has 0 aliphatic heterocycles. The number of hydrogen-bond donors (Lipinski definition) is 1. The molecule has 8 nitrogen and oxygen atoms in total. The van der Waals surface area contributed by atoms with Crippen molar-refractivity contribution in [1.29, 1.82) is 0 Å². The summed E-state index contributed by atoms with van der Waals surface area (Å²) >= 11 is 4.08. The predicted octanol–water partition coefficient (Wildman–Crippen LogP) is 4.82. The van der Waals surface area contributed by atoms with Gasteiger partial charge in [0.25, 0.3) is 6.43 Å². The number of anilines is 1. The number of nitrogens with one attached hydrogen (secondary N) is 1. The smallest absolute Gasteiger partial charge is 0.348 e. The lowest BCUT2D eigenvalue weighted by atomic mass is 10.1. The monoisotopic (exact) mass is 533 g/mol. The van der Waals surface area contributed by atoms with Crippen LogP contribution in [0, 0.1) is 6.92 Å². The van der Waals surface area contributed by atoms with Crippen molar-refractivity contribution < 1.29 is 32.6 Å². The summed E-state index contributed by atoms with van der Waals surface area (Å²) in [6.45, 7) is 3.25. The molecule has 1 saturated carbocycles. The highest BCUT2D eigenvalue weighted by Gasteiger charge is 2.34.